The van der Waals surface area contributed by atoms with Gasteiger partial charge >= 0.3 is 0 Å². The minimum absolute atomic E-state index is 0.445. The first kappa shape index (κ1) is 12.2. The van der Waals surface area contributed by atoms with Crippen LogP contribution >= 0.6 is 0 Å². The van der Waals surface area contributed by atoms with Gasteiger partial charge in [-0.15, -0.1) is 0 Å². The van der Waals surface area contributed by atoms with Crippen LogP contribution in [0.3, 0.4) is 0 Å². The van der Waals surface area contributed by atoms with Gasteiger partial charge in [0.15, 0.2) is 0 Å². The van der Waals surface area contributed by atoms with Gasteiger partial charge in [-0.25, -0.2) is 0 Å². The quantitative estimate of drug-likeness (QED) is 0.873. The van der Waals surface area contributed by atoms with Crippen molar-refractivity contribution in [3.05, 3.63) is 35.4 Å². The number of benzene rings is 1. The number of fused-ring (bicyclic) bond motifs is 1. The highest BCUT2D eigenvalue weighted by atomic mass is 16.5. The monoisotopic (exact) mass is 246 g/mol. The van der Waals surface area contributed by atoms with E-state index in [1.54, 1.807) is 0 Å². The van der Waals surface area contributed by atoms with Gasteiger partial charge in [-0.1, -0.05) is 24.3 Å². The summed E-state index contributed by atoms with van der Waals surface area (Å²) in [6, 6.07) is 9.37. The molecule has 0 aliphatic carbocycles. The van der Waals surface area contributed by atoms with Crippen molar-refractivity contribution in [2.75, 3.05) is 26.7 Å². The number of nitrogens with zero attached hydrogens (tertiary/aromatic N) is 1. The normalized spacial score (nSPS) is 28.3. The molecular weight excluding hydrogens is 224 g/mol. The van der Waals surface area contributed by atoms with Crippen molar-refractivity contribution in [1.29, 1.82) is 0 Å². The van der Waals surface area contributed by atoms with E-state index < -0.39 is 0 Å². The zero-order valence-corrected chi connectivity index (χ0v) is 11.1. The molecule has 3 rings (SSSR count). The van der Waals surface area contributed by atoms with Crippen LogP contribution in [0.2, 0.25) is 0 Å². The highest BCUT2D eigenvalue weighted by molar-refractivity contribution is 5.29. The average molecular weight is 246 g/mol. The predicted octanol–water partition coefficient (Wildman–Crippen LogP) is 1.42. The lowest BCUT2D eigenvalue weighted by Gasteiger charge is -2.29. The number of methoxy groups -OCH3 is 1. The average Bonchev–Trinajstić information content (AvgIpc) is 2.86. The molecule has 0 bridgehead atoms. The lowest BCUT2D eigenvalue weighted by molar-refractivity contribution is 0.106. The first-order valence-corrected chi connectivity index (χ1v) is 6.90. The molecule has 1 N–H and O–H groups in total. The minimum atomic E-state index is 0.445. The van der Waals surface area contributed by atoms with Crippen molar-refractivity contribution in [2.24, 2.45) is 0 Å². The van der Waals surface area contributed by atoms with Crippen molar-refractivity contribution < 1.29 is 4.74 Å². The second-order valence-corrected chi connectivity index (χ2v) is 5.46. The summed E-state index contributed by atoms with van der Waals surface area (Å²) in [5.74, 6) is 0. The lowest BCUT2D eigenvalue weighted by Crippen LogP contribution is -2.44. The summed E-state index contributed by atoms with van der Waals surface area (Å²) >= 11 is 0. The van der Waals surface area contributed by atoms with E-state index in [9.17, 15) is 0 Å². The van der Waals surface area contributed by atoms with Crippen LogP contribution in [0.4, 0.5) is 0 Å². The van der Waals surface area contributed by atoms with Crippen LogP contribution in [0.25, 0.3) is 0 Å². The summed E-state index contributed by atoms with van der Waals surface area (Å²) in [6.45, 7) is 4.44. The Morgan fingerprint density at radius 1 is 1.33 bits per heavy atom. The van der Waals surface area contributed by atoms with Gasteiger partial charge in [0, 0.05) is 39.3 Å². The highest BCUT2D eigenvalue weighted by Gasteiger charge is 2.26. The van der Waals surface area contributed by atoms with Crippen LogP contribution in [0, 0.1) is 0 Å². The van der Waals surface area contributed by atoms with Gasteiger partial charge in [0.1, 0.15) is 0 Å². The molecule has 1 unspecified atom stereocenters. The van der Waals surface area contributed by atoms with Crippen molar-refractivity contribution in [3.63, 3.8) is 0 Å². The van der Waals surface area contributed by atoms with Crippen LogP contribution in [0.5, 0.6) is 0 Å². The molecule has 98 valence electrons. The Labute approximate surface area is 109 Å². The fraction of sp³-hybridized carbons (Fsp3) is 0.600. The summed E-state index contributed by atoms with van der Waals surface area (Å²) in [4.78, 5) is 2.53. The maximum Gasteiger partial charge on any atom is 0.0710 e. The van der Waals surface area contributed by atoms with Gasteiger partial charge in [-0.3, -0.25) is 4.90 Å². The van der Waals surface area contributed by atoms with Gasteiger partial charge in [-0.05, 0) is 24.0 Å². The standard InChI is InChI=1S/C15H22N2O/c1-18-15-6-7-17(11-15)10-14-8-12-4-2-3-5-13(12)9-16-14/h2-5,14-16H,6-11H2,1H3/t14-,15?/m0/s1. The van der Waals surface area contributed by atoms with E-state index in [1.165, 1.54) is 24.1 Å². The van der Waals surface area contributed by atoms with E-state index in [2.05, 4.69) is 34.5 Å². The molecule has 1 saturated heterocycles. The zero-order chi connectivity index (χ0) is 12.4. The molecule has 3 heteroatoms. The molecule has 1 aromatic carbocycles. The molecule has 3 nitrogen and oxygen atoms in total. The fourth-order valence-electron chi connectivity index (χ4n) is 3.12. The van der Waals surface area contributed by atoms with Crippen molar-refractivity contribution in [3.8, 4) is 0 Å². The van der Waals surface area contributed by atoms with Gasteiger partial charge in [0.05, 0.1) is 6.10 Å². The first-order chi connectivity index (χ1) is 8.85. The molecule has 0 saturated carbocycles. The minimum Gasteiger partial charge on any atom is -0.380 e. The number of nitrogens with one attached hydrogen (secondary N) is 1. The molecule has 1 aromatic rings. The maximum absolute atomic E-state index is 5.42. The van der Waals surface area contributed by atoms with Gasteiger partial charge in [0.25, 0.3) is 0 Å². The number of likely N-dealkylation sites (tertiary alicyclic amines) is 1. The van der Waals surface area contributed by atoms with Gasteiger partial charge in [0.2, 0.25) is 0 Å². The third-order valence-electron chi connectivity index (χ3n) is 4.21. The van der Waals surface area contributed by atoms with E-state index in [4.69, 9.17) is 4.74 Å². The largest absolute Gasteiger partial charge is 0.380 e. The number of ether oxygens (including phenoxy) is 1. The van der Waals surface area contributed by atoms with Crippen LogP contribution in [-0.4, -0.2) is 43.8 Å². The second kappa shape index (κ2) is 5.39. The number of rotatable bonds is 3. The SMILES string of the molecule is COC1CCN(C[C@@H]2Cc3ccccc3CN2)C1. The molecule has 2 heterocycles. The molecule has 0 radical (unpaired) electrons. The van der Waals surface area contributed by atoms with Crippen LogP contribution in [-0.2, 0) is 17.7 Å². The third kappa shape index (κ3) is 2.58. The summed E-state index contributed by atoms with van der Waals surface area (Å²) < 4.78 is 5.42. The first-order valence-electron chi connectivity index (χ1n) is 6.90. The predicted molar refractivity (Wildman–Crippen MR) is 72.6 cm³/mol. The Hall–Kier alpha value is -0.900. The van der Waals surface area contributed by atoms with Gasteiger partial charge < -0.3 is 10.1 Å². The fourth-order valence-corrected chi connectivity index (χ4v) is 3.12. The van der Waals surface area contributed by atoms with E-state index in [1.807, 2.05) is 7.11 Å². The highest BCUT2D eigenvalue weighted by Crippen LogP contribution is 2.18. The zero-order valence-electron chi connectivity index (χ0n) is 11.1. The molecule has 2 aliphatic heterocycles. The molecular formula is C15H22N2O. The molecule has 2 atom stereocenters. The summed E-state index contributed by atoms with van der Waals surface area (Å²) in [6.07, 6.45) is 2.78. The van der Waals surface area contributed by atoms with Crippen molar-refractivity contribution >= 4 is 0 Å². The van der Waals surface area contributed by atoms with E-state index in [0.29, 0.717) is 12.1 Å². The second-order valence-electron chi connectivity index (χ2n) is 5.46. The van der Waals surface area contributed by atoms with Gasteiger partial charge in [-0.2, -0.15) is 0 Å². The summed E-state index contributed by atoms with van der Waals surface area (Å²) in [5.41, 5.74) is 2.98. The van der Waals surface area contributed by atoms with Crippen molar-refractivity contribution in [1.82, 2.24) is 10.2 Å². The molecule has 0 aromatic heterocycles. The molecule has 2 aliphatic rings. The maximum atomic E-state index is 5.42. The number of hydrogen-bond acceptors (Lipinski definition) is 3. The van der Waals surface area contributed by atoms with E-state index in [-0.39, 0.29) is 0 Å². The summed E-state index contributed by atoms with van der Waals surface area (Å²) in [5, 5.41) is 3.65. The Morgan fingerprint density at radius 3 is 2.94 bits per heavy atom. The van der Waals surface area contributed by atoms with Crippen molar-refractivity contribution in [2.45, 2.75) is 31.5 Å². The lowest BCUT2D eigenvalue weighted by atomic mass is 9.96. The van der Waals surface area contributed by atoms with Crippen LogP contribution in [0.15, 0.2) is 24.3 Å². The van der Waals surface area contributed by atoms with Crippen LogP contribution in [0.1, 0.15) is 17.5 Å². The summed E-state index contributed by atoms with van der Waals surface area (Å²) in [7, 11) is 1.82. The van der Waals surface area contributed by atoms with E-state index in [0.717, 1.165) is 26.1 Å². The Bertz CT molecular complexity index is 407. The van der Waals surface area contributed by atoms with Crippen LogP contribution < -0.4 is 5.32 Å². The third-order valence-corrected chi connectivity index (χ3v) is 4.21. The molecule has 1 fully saturated rings. The Morgan fingerprint density at radius 2 is 2.17 bits per heavy atom. The Balaban J connectivity index is 1.57. The Kier molecular flexibility index (Phi) is 3.64. The smallest absolute Gasteiger partial charge is 0.0710 e. The molecule has 0 spiro atoms. The topological polar surface area (TPSA) is 24.5 Å². The molecule has 0 amide bonds. The van der Waals surface area contributed by atoms with E-state index >= 15 is 0 Å². The number of hydrogen-bond donors (Lipinski definition) is 1. The molecule has 18 heavy (non-hydrogen) atoms.